The molecule has 2 rings (SSSR count). The topological polar surface area (TPSA) is 33.1 Å². The van der Waals surface area contributed by atoms with Gasteiger partial charge in [-0.05, 0) is 59.8 Å². The summed E-state index contributed by atoms with van der Waals surface area (Å²) in [5.74, 6) is 0.680. The van der Waals surface area contributed by atoms with Crippen LogP contribution in [0.2, 0.25) is 0 Å². The molecule has 2 unspecified atom stereocenters. The summed E-state index contributed by atoms with van der Waals surface area (Å²) in [5, 5.41) is 7.99. The van der Waals surface area contributed by atoms with Crippen molar-refractivity contribution in [2.45, 2.75) is 39.2 Å². The molecule has 1 aromatic heterocycles. The molecule has 2 heterocycles. The summed E-state index contributed by atoms with van der Waals surface area (Å²) < 4.78 is 2.03. The molecule has 1 aromatic rings. The van der Waals surface area contributed by atoms with Gasteiger partial charge in [0.15, 0.2) is 0 Å². The van der Waals surface area contributed by atoms with Gasteiger partial charge in [0.05, 0.1) is 5.69 Å². The first-order valence-electron chi connectivity index (χ1n) is 7.41. The van der Waals surface area contributed by atoms with Gasteiger partial charge in [-0.2, -0.15) is 5.10 Å². The minimum Gasteiger partial charge on any atom is -0.319 e. The van der Waals surface area contributed by atoms with E-state index < -0.39 is 0 Å². The lowest BCUT2D eigenvalue weighted by Gasteiger charge is -2.33. The van der Waals surface area contributed by atoms with Crippen LogP contribution in [0.15, 0.2) is 0 Å². The Kier molecular flexibility index (Phi) is 4.63. The number of nitrogens with zero attached hydrogens (tertiary/aromatic N) is 3. The lowest BCUT2D eigenvalue weighted by Crippen LogP contribution is -2.34. The van der Waals surface area contributed by atoms with Crippen molar-refractivity contribution in [2.75, 3.05) is 27.2 Å². The highest BCUT2D eigenvalue weighted by atomic mass is 15.3. The monoisotopic (exact) mass is 264 g/mol. The van der Waals surface area contributed by atoms with Gasteiger partial charge in [0.1, 0.15) is 0 Å². The fraction of sp³-hybridized carbons (Fsp3) is 0.800. The third kappa shape index (κ3) is 2.84. The highest BCUT2D eigenvalue weighted by Gasteiger charge is 2.32. The second kappa shape index (κ2) is 6.06. The molecule has 1 N–H and O–H groups in total. The first kappa shape index (κ1) is 14.5. The standard InChI is InChI=1S/C15H28N4/c1-11-14(12(2)19(5)17-11)15-13(10-16-3)8-6-7-9-18(15)4/h13,15-16H,6-10H2,1-5H3. The van der Waals surface area contributed by atoms with Crippen molar-refractivity contribution < 1.29 is 0 Å². The third-order valence-electron chi connectivity index (χ3n) is 4.58. The van der Waals surface area contributed by atoms with Crippen molar-refractivity contribution in [2.24, 2.45) is 13.0 Å². The van der Waals surface area contributed by atoms with Crippen LogP contribution in [0, 0.1) is 19.8 Å². The molecule has 0 radical (unpaired) electrons. The Morgan fingerprint density at radius 2 is 2.00 bits per heavy atom. The number of nitrogens with one attached hydrogen (secondary N) is 1. The molecule has 1 aliphatic heterocycles. The van der Waals surface area contributed by atoms with Crippen molar-refractivity contribution in [3.8, 4) is 0 Å². The number of hydrogen-bond donors (Lipinski definition) is 1. The van der Waals surface area contributed by atoms with Gasteiger partial charge in [-0.3, -0.25) is 9.58 Å². The quantitative estimate of drug-likeness (QED) is 0.907. The van der Waals surface area contributed by atoms with Crippen LogP contribution in [0.4, 0.5) is 0 Å². The van der Waals surface area contributed by atoms with E-state index in [1.165, 1.54) is 42.8 Å². The van der Waals surface area contributed by atoms with E-state index >= 15 is 0 Å². The minimum absolute atomic E-state index is 0.503. The molecule has 1 fully saturated rings. The SMILES string of the molecule is CNCC1CCCCN(C)C1c1c(C)nn(C)c1C. The molecule has 4 nitrogen and oxygen atoms in total. The molecule has 19 heavy (non-hydrogen) atoms. The fourth-order valence-electron chi connectivity index (χ4n) is 3.57. The maximum atomic E-state index is 4.62. The van der Waals surface area contributed by atoms with E-state index in [4.69, 9.17) is 0 Å². The van der Waals surface area contributed by atoms with E-state index in [1.54, 1.807) is 0 Å². The molecule has 0 aromatic carbocycles. The zero-order valence-electron chi connectivity index (χ0n) is 13.0. The molecule has 4 heteroatoms. The number of aromatic nitrogens is 2. The van der Waals surface area contributed by atoms with Gasteiger partial charge in [-0.25, -0.2) is 0 Å². The molecule has 0 spiro atoms. The summed E-state index contributed by atoms with van der Waals surface area (Å²) in [6, 6.07) is 0.503. The van der Waals surface area contributed by atoms with Gasteiger partial charge in [0, 0.05) is 24.3 Å². The Labute approximate surface area is 117 Å². The molecule has 108 valence electrons. The second-order valence-electron chi connectivity index (χ2n) is 5.95. The Morgan fingerprint density at radius 1 is 1.26 bits per heavy atom. The number of likely N-dealkylation sites (tertiary alicyclic amines) is 1. The molecule has 1 saturated heterocycles. The van der Waals surface area contributed by atoms with E-state index in [2.05, 4.69) is 50.3 Å². The van der Waals surface area contributed by atoms with Crippen LogP contribution in [0.5, 0.6) is 0 Å². The average Bonchev–Trinajstić information content (AvgIpc) is 2.52. The van der Waals surface area contributed by atoms with Crippen molar-refractivity contribution in [3.05, 3.63) is 17.0 Å². The van der Waals surface area contributed by atoms with Crippen LogP contribution in [0.3, 0.4) is 0 Å². The first-order chi connectivity index (χ1) is 9.06. The zero-order chi connectivity index (χ0) is 14.0. The molecule has 1 aliphatic rings. The Balaban J connectivity index is 2.40. The van der Waals surface area contributed by atoms with Gasteiger partial charge in [0.25, 0.3) is 0 Å². The van der Waals surface area contributed by atoms with Crippen LogP contribution in [-0.2, 0) is 7.05 Å². The molecule has 2 atom stereocenters. The van der Waals surface area contributed by atoms with E-state index in [0.29, 0.717) is 12.0 Å². The van der Waals surface area contributed by atoms with Gasteiger partial charge in [0.2, 0.25) is 0 Å². The summed E-state index contributed by atoms with van der Waals surface area (Å²) >= 11 is 0. The van der Waals surface area contributed by atoms with Gasteiger partial charge >= 0.3 is 0 Å². The van der Waals surface area contributed by atoms with E-state index in [1.807, 2.05) is 4.68 Å². The zero-order valence-corrected chi connectivity index (χ0v) is 13.0. The summed E-state index contributed by atoms with van der Waals surface area (Å²) in [6.07, 6.45) is 3.96. The van der Waals surface area contributed by atoms with Crippen LogP contribution >= 0.6 is 0 Å². The van der Waals surface area contributed by atoms with Crippen LogP contribution < -0.4 is 5.32 Å². The molecule has 0 aliphatic carbocycles. The highest BCUT2D eigenvalue weighted by molar-refractivity contribution is 5.29. The molecular formula is C15H28N4. The fourth-order valence-corrected chi connectivity index (χ4v) is 3.57. The third-order valence-corrected chi connectivity index (χ3v) is 4.58. The maximum Gasteiger partial charge on any atom is 0.0644 e. The first-order valence-corrected chi connectivity index (χ1v) is 7.41. The maximum absolute atomic E-state index is 4.62. The summed E-state index contributed by atoms with van der Waals surface area (Å²) in [5.41, 5.74) is 3.96. The van der Waals surface area contributed by atoms with Crippen molar-refractivity contribution in [1.82, 2.24) is 20.0 Å². The van der Waals surface area contributed by atoms with Gasteiger partial charge in [-0.1, -0.05) is 6.42 Å². The predicted molar refractivity (Wildman–Crippen MR) is 79.3 cm³/mol. The molecule has 0 saturated carbocycles. The Morgan fingerprint density at radius 3 is 2.58 bits per heavy atom. The van der Waals surface area contributed by atoms with Crippen molar-refractivity contribution >= 4 is 0 Å². The van der Waals surface area contributed by atoms with Gasteiger partial charge in [-0.15, -0.1) is 0 Å². The molecular weight excluding hydrogens is 236 g/mol. The number of hydrogen-bond acceptors (Lipinski definition) is 3. The van der Waals surface area contributed by atoms with Crippen LogP contribution in [0.25, 0.3) is 0 Å². The number of rotatable bonds is 3. The lowest BCUT2D eigenvalue weighted by atomic mass is 9.88. The molecule has 0 bridgehead atoms. The van der Waals surface area contributed by atoms with Gasteiger partial charge < -0.3 is 5.32 Å². The van der Waals surface area contributed by atoms with Crippen molar-refractivity contribution in [1.29, 1.82) is 0 Å². The predicted octanol–water partition coefficient (Wildman–Crippen LogP) is 2.03. The smallest absolute Gasteiger partial charge is 0.0644 e. The molecule has 0 amide bonds. The van der Waals surface area contributed by atoms with E-state index in [9.17, 15) is 0 Å². The summed E-state index contributed by atoms with van der Waals surface area (Å²) in [6.45, 7) is 6.63. The average molecular weight is 264 g/mol. The summed E-state index contributed by atoms with van der Waals surface area (Å²) in [7, 11) is 6.38. The van der Waals surface area contributed by atoms with Crippen LogP contribution in [-0.4, -0.2) is 41.9 Å². The van der Waals surface area contributed by atoms with E-state index in [-0.39, 0.29) is 0 Å². The van der Waals surface area contributed by atoms with E-state index in [0.717, 1.165) is 6.54 Å². The summed E-state index contributed by atoms with van der Waals surface area (Å²) in [4.78, 5) is 2.53. The Hall–Kier alpha value is -0.870. The number of aryl methyl sites for hydroxylation is 2. The van der Waals surface area contributed by atoms with Crippen LogP contribution in [0.1, 0.15) is 42.3 Å². The minimum atomic E-state index is 0.503. The largest absolute Gasteiger partial charge is 0.319 e. The lowest BCUT2D eigenvalue weighted by molar-refractivity contribution is 0.189. The Bertz CT molecular complexity index is 424. The highest BCUT2D eigenvalue weighted by Crippen LogP contribution is 2.36. The second-order valence-corrected chi connectivity index (χ2v) is 5.95. The normalized spacial score (nSPS) is 25.5. The van der Waals surface area contributed by atoms with Crippen molar-refractivity contribution in [3.63, 3.8) is 0 Å².